The van der Waals surface area contributed by atoms with Crippen LogP contribution in [0.5, 0.6) is 0 Å². The third kappa shape index (κ3) is 4.34. The molecule has 6 heteroatoms. The van der Waals surface area contributed by atoms with Gasteiger partial charge < -0.3 is 10.2 Å². The third-order valence-electron chi connectivity index (χ3n) is 3.83. The van der Waals surface area contributed by atoms with Crippen LogP contribution in [0.4, 0.5) is 5.69 Å². The minimum atomic E-state index is -0.142. The highest BCUT2D eigenvalue weighted by atomic mass is 32.1. The lowest BCUT2D eigenvalue weighted by Crippen LogP contribution is -2.23. The van der Waals surface area contributed by atoms with Crippen LogP contribution in [0.15, 0.2) is 60.0 Å². The Hall–Kier alpha value is -2.99. The minimum Gasteiger partial charge on any atom is -0.348 e. The van der Waals surface area contributed by atoms with Crippen LogP contribution >= 0.6 is 11.3 Å². The van der Waals surface area contributed by atoms with Crippen LogP contribution in [0.1, 0.15) is 15.4 Å². The van der Waals surface area contributed by atoms with E-state index in [2.05, 4.69) is 10.3 Å². The van der Waals surface area contributed by atoms with Gasteiger partial charge in [0.05, 0.1) is 12.1 Å². The molecule has 26 heavy (non-hydrogen) atoms. The van der Waals surface area contributed by atoms with E-state index in [0.717, 1.165) is 22.0 Å². The molecule has 0 aliphatic carbocycles. The largest absolute Gasteiger partial charge is 0.348 e. The first-order chi connectivity index (χ1) is 12.5. The molecular formula is C20H19N3O2S. The third-order valence-corrected chi connectivity index (χ3v) is 4.68. The number of aromatic nitrogens is 1. The van der Waals surface area contributed by atoms with Crippen molar-refractivity contribution in [2.24, 2.45) is 0 Å². The van der Waals surface area contributed by atoms with Crippen LogP contribution in [0.3, 0.4) is 0 Å². The van der Waals surface area contributed by atoms with E-state index in [1.165, 1.54) is 11.3 Å². The Balaban J connectivity index is 1.67. The first-order valence-electron chi connectivity index (χ1n) is 8.14. The number of amides is 2. The lowest BCUT2D eigenvalue weighted by Gasteiger charge is -2.07. The monoisotopic (exact) mass is 365 g/mol. The molecule has 1 aromatic heterocycles. The zero-order valence-electron chi connectivity index (χ0n) is 14.6. The van der Waals surface area contributed by atoms with Crippen molar-refractivity contribution in [1.82, 2.24) is 9.88 Å². The number of hydrogen-bond acceptors (Lipinski definition) is 4. The fourth-order valence-electron chi connectivity index (χ4n) is 2.33. The summed E-state index contributed by atoms with van der Waals surface area (Å²) in [7, 11) is 3.47. The van der Waals surface area contributed by atoms with Gasteiger partial charge >= 0.3 is 0 Å². The first-order valence-corrected chi connectivity index (χ1v) is 9.02. The van der Waals surface area contributed by atoms with Gasteiger partial charge in [-0.1, -0.05) is 30.3 Å². The van der Waals surface area contributed by atoms with E-state index in [0.29, 0.717) is 12.0 Å². The fourth-order valence-corrected chi connectivity index (χ4v) is 3.12. The fraction of sp³-hybridized carbons (Fsp3) is 0.150. The molecule has 0 aliphatic rings. The number of hydrogen-bond donors (Lipinski definition) is 1. The predicted molar refractivity (Wildman–Crippen MR) is 104 cm³/mol. The van der Waals surface area contributed by atoms with Crippen molar-refractivity contribution in [3.8, 4) is 11.3 Å². The number of thiazole rings is 1. The quantitative estimate of drug-likeness (QED) is 0.750. The number of anilines is 1. The minimum absolute atomic E-state index is 0.0323. The molecule has 0 spiro atoms. The maximum atomic E-state index is 12.2. The molecule has 1 N–H and O–H groups in total. The van der Waals surface area contributed by atoms with E-state index in [-0.39, 0.29) is 11.8 Å². The summed E-state index contributed by atoms with van der Waals surface area (Å²) < 4.78 is 0. The Bertz CT molecular complexity index is 902. The van der Waals surface area contributed by atoms with Crippen molar-refractivity contribution < 1.29 is 9.59 Å². The van der Waals surface area contributed by atoms with E-state index in [4.69, 9.17) is 0 Å². The smallest absolute Gasteiger partial charge is 0.255 e. The molecule has 132 valence electrons. The molecule has 3 aromatic rings. The van der Waals surface area contributed by atoms with Crippen molar-refractivity contribution in [3.63, 3.8) is 0 Å². The lowest BCUT2D eigenvalue weighted by atomic mass is 10.1. The van der Waals surface area contributed by atoms with Gasteiger partial charge in [0.25, 0.3) is 5.91 Å². The van der Waals surface area contributed by atoms with Gasteiger partial charge in [0.2, 0.25) is 5.91 Å². The summed E-state index contributed by atoms with van der Waals surface area (Å²) in [6, 6.07) is 16.6. The average molecular weight is 365 g/mol. The van der Waals surface area contributed by atoms with Crippen LogP contribution in [-0.2, 0) is 11.2 Å². The maximum absolute atomic E-state index is 12.2. The SMILES string of the molecule is CN(C)C(=O)Cc1nc(-c2ccc(NC(=O)c3ccccc3)cc2)cs1. The zero-order chi connectivity index (χ0) is 18.5. The predicted octanol–water partition coefficient (Wildman–Crippen LogP) is 3.69. The van der Waals surface area contributed by atoms with E-state index in [9.17, 15) is 9.59 Å². The zero-order valence-corrected chi connectivity index (χ0v) is 15.4. The van der Waals surface area contributed by atoms with Gasteiger partial charge in [0.1, 0.15) is 5.01 Å². The van der Waals surface area contributed by atoms with Crippen molar-refractivity contribution in [1.29, 1.82) is 0 Å². The topological polar surface area (TPSA) is 62.3 Å². The van der Waals surface area contributed by atoms with Crippen LogP contribution in [0, 0.1) is 0 Å². The number of benzene rings is 2. The molecule has 0 bridgehead atoms. The summed E-state index contributed by atoms with van der Waals surface area (Å²) in [5.74, 6) is -0.110. The summed E-state index contributed by atoms with van der Waals surface area (Å²) >= 11 is 1.47. The number of nitrogens with zero attached hydrogens (tertiary/aromatic N) is 2. The number of carbonyl (C=O) groups excluding carboxylic acids is 2. The highest BCUT2D eigenvalue weighted by Crippen LogP contribution is 2.24. The normalized spacial score (nSPS) is 10.4. The van der Waals surface area contributed by atoms with Crippen LogP contribution in [0.2, 0.25) is 0 Å². The molecule has 1 heterocycles. The van der Waals surface area contributed by atoms with Crippen molar-refractivity contribution in [2.45, 2.75) is 6.42 Å². The molecule has 0 radical (unpaired) electrons. The van der Waals surface area contributed by atoms with E-state index in [1.807, 2.05) is 47.8 Å². The van der Waals surface area contributed by atoms with E-state index >= 15 is 0 Å². The highest BCUT2D eigenvalue weighted by Gasteiger charge is 2.11. The number of nitrogens with one attached hydrogen (secondary N) is 1. The Morgan fingerprint density at radius 2 is 1.73 bits per heavy atom. The molecule has 0 saturated carbocycles. The Labute approximate surface area is 156 Å². The number of carbonyl (C=O) groups is 2. The maximum Gasteiger partial charge on any atom is 0.255 e. The van der Waals surface area contributed by atoms with E-state index < -0.39 is 0 Å². The van der Waals surface area contributed by atoms with Crippen LogP contribution < -0.4 is 5.32 Å². The Kier molecular flexibility index (Phi) is 5.43. The van der Waals surface area contributed by atoms with Gasteiger partial charge in [-0.15, -0.1) is 11.3 Å². The van der Waals surface area contributed by atoms with E-state index in [1.54, 1.807) is 31.1 Å². The summed E-state index contributed by atoms with van der Waals surface area (Å²) in [6.45, 7) is 0. The molecule has 2 amide bonds. The van der Waals surface area contributed by atoms with Crippen molar-refractivity contribution >= 4 is 28.8 Å². The van der Waals surface area contributed by atoms with Crippen molar-refractivity contribution in [2.75, 3.05) is 19.4 Å². The van der Waals surface area contributed by atoms with Gasteiger partial charge in [-0.25, -0.2) is 4.98 Å². The van der Waals surface area contributed by atoms with Gasteiger partial charge in [-0.3, -0.25) is 9.59 Å². The molecule has 0 aliphatic heterocycles. The van der Waals surface area contributed by atoms with Crippen molar-refractivity contribution in [3.05, 3.63) is 70.5 Å². The highest BCUT2D eigenvalue weighted by molar-refractivity contribution is 7.10. The van der Waals surface area contributed by atoms with Gasteiger partial charge in [0, 0.05) is 36.3 Å². The average Bonchev–Trinajstić information content (AvgIpc) is 3.11. The van der Waals surface area contributed by atoms with Gasteiger partial charge in [-0.2, -0.15) is 0 Å². The van der Waals surface area contributed by atoms with Gasteiger partial charge in [-0.05, 0) is 24.3 Å². The molecular weight excluding hydrogens is 346 g/mol. The first kappa shape index (κ1) is 17.8. The number of likely N-dealkylation sites (N-methyl/N-ethyl adjacent to an activating group) is 1. The number of rotatable bonds is 5. The molecule has 3 rings (SSSR count). The van der Waals surface area contributed by atoms with Crippen LogP contribution in [-0.4, -0.2) is 35.8 Å². The standard InChI is InChI=1S/C20H19N3O2S/c1-23(2)19(24)12-18-22-17(13-26-18)14-8-10-16(11-9-14)21-20(25)15-6-4-3-5-7-15/h3-11,13H,12H2,1-2H3,(H,21,25). The molecule has 0 unspecified atom stereocenters. The lowest BCUT2D eigenvalue weighted by molar-refractivity contribution is -0.127. The Morgan fingerprint density at radius 3 is 2.38 bits per heavy atom. The molecule has 0 saturated heterocycles. The second-order valence-electron chi connectivity index (χ2n) is 5.99. The summed E-state index contributed by atoms with van der Waals surface area (Å²) in [4.78, 5) is 30.0. The van der Waals surface area contributed by atoms with Crippen LogP contribution in [0.25, 0.3) is 11.3 Å². The van der Waals surface area contributed by atoms with Gasteiger partial charge in [0.15, 0.2) is 0 Å². The second kappa shape index (κ2) is 7.93. The molecule has 2 aromatic carbocycles. The molecule has 0 atom stereocenters. The molecule has 5 nitrogen and oxygen atoms in total. The second-order valence-corrected chi connectivity index (χ2v) is 6.93. The summed E-state index contributed by atoms with van der Waals surface area (Å²) in [6.07, 6.45) is 0.308. The summed E-state index contributed by atoms with van der Waals surface area (Å²) in [5.41, 5.74) is 3.12. The Morgan fingerprint density at radius 1 is 1.04 bits per heavy atom. The summed E-state index contributed by atoms with van der Waals surface area (Å²) in [5, 5.41) is 5.61. The molecule has 0 fully saturated rings.